The van der Waals surface area contributed by atoms with Crippen molar-refractivity contribution in [2.24, 2.45) is 5.92 Å². The van der Waals surface area contributed by atoms with E-state index in [1.807, 2.05) is 12.3 Å². The second kappa shape index (κ2) is 7.94. The van der Waals surface area contributed by atoms with Gasteiger partial charge in [0.25, 0.3) is 0 Å². The Morgan fingerprint density at radius 3 is 2.48 bits per heavy atom. The second-order valence-electron chi connectivity index (χ2n) is 6.31. The van der Waals surface area contributed by atoms with Crippen LogP contribution in [-0.4, -0.2) is 52.7 Å². The van der Waals surface area contributed by atoms with Gasteiger partial charge in [-0.15, -0.1) is 0 Å². The van der Waals surface area contributed by atoms with E-state index in [2.05, 4.69) is 24.0 Å². The molecule has 0 amide bonds. The summed E-state index contributed by atoms with van der Waals surface area (Å²) in [5.74, 6) is -1.33. The van der Waals surface area contributed by atoms with Crippen LogP contribution >= 0.6 is 0 Å². The Labute approximate surface area is 144 Å². The minimum atomic E-state index is -1.26. The maximum atomic E-state index is 13.3. The molecule has 1 aliphatic carbocycles. The van der Waals surface area contributed by atoms with E-state index in [9.17, 15) is 14.0 Å². The fourth-order valence-electron chi connectivity index (χ4n) is 2.86. The molecule has 2 aromatic rings. The first-order chi connectivity index (χ1) is 11.8. The smallest absolute Gasteiger partial charge is 0.328 e. The predicted molar refractivity (Wildman–Crippen MR) is 92.1 cm³/mol. The molecule has 1 aromatic heterocycles. The SMILES string of the molecule is CN(C)C[C@@H]1C[C@H]1c1c[nH]c2ccc(F)cc12.O=C(O)/C=C/C(=O)O. The van der Waals surface area contributed by atoms with E-state index in [0.717, 1.165) is 23.4 Å². The number of fused-ring (bicyclic) bond motifs is 1. The summed E-state index contributed by atoms with van der Waals surface area (Å²) in [6.45, 7) is 1.12. The summed E-state index contributed by atoms with van der Waals surface area (Å²) < 4.78 is 13.3. The molecule has 1 saturated carbocycles. The molecule has 1 heterocycles. The molecule has 134 valence electrons. The summed E-state index contributed by atoms with van der Waals surface area (Å²) in [7, 11) is 4.20. The molecule has 0 aliphatic heterocycles. The number of aromatic nitrogens is 1. The van der Waals surface area contributed by atoms with Gasteiger partial charge in [-0.2, -0.15) is 0 Å². The summed E-state index contributed by atoms with van der Waals surface area (Å²) in [4.78, 5) is 24.6. The third kappa shape index (κ3) is 5.42. The van der Waals surface area contributed by atoms with Crippen LogP contribution in [0.15, 0.2) is 36.5 Å². The van der Waals surface area contributed by atoms with Crippen molar-refractivity contribution in [2.45, 2.75) is 12.3 Å². The van der Waals surface area contributed by atoms with Gasteiger partial charge in [0, 0.05) is 35.8 Å². The molecule has 3 N–H and O–H groups in total. The Hall–Kier alpha value is -2.67. The van der Waals surface area contributed by atoms with Gasteiger partial charge in [0.2, 0.25) is 0 Å². The summed E-state index contributed by atoms with van der Waals surface area (Å²) in [5.41, 5.74) is 2.32. The number of carbonyl (C=O) groups is 2. The van der Waals surface area contributed by atoms with Crippen molar-refractivity contribution in [2.75, 3.05) is 20.6 Å². The van der Waals surface area contributed by atoms with Crippen molar-refractivity contribution in [3.05, 3.63) is 47.9 Å². The molecule has 1 aromatic carbocycles. The van der Waals surface area contributed by atoms with Crippen LogP contribution in [0.1, 0.15) is 17.9 Å². The zero-order valence-corrected chi connectivity index (χ0v) is 14.1. The number of hydrogen-bond acceptors (Lipinski definition) is 3. The number of nitrogens with one attached hydrogen (secondary N) is 1. The summed E-state index contributed by atoms with van der Waals surface area (Å²) >= 11 is 0. The number of rotatable bonds is 5. The highest BCUT2D eigenvalue weighted by Gasteiger charge is 2.39. The van der Waals surface area contributed by atoms with Gasteiger partial charge >= 0.3 is 11.9 Å². The molecule has 0 bridgehead atoms. The first-order valence-corrected chi connectivity index (χ1v) is 7.83. The van der Waals surface area contributed by atoms with Gasteiger partial charge in [-0.25, -0.2) is 14.0 Å². The Morgan fingerprint density at radius 1 is 1.28 bits per heavy atom. The normalized spacial score (nSPS) is 19.0. The van der Waals surface area contributed by atoms with Crippen molar-refractivity contribution in [1.82, 2.24) is 9.88 Å². The number of carboxylic acid groups (broad SMARTS) is 2. The van der Waals surface area contributed by atoms with E-state index < -0.39 is 11.9 Å². The maximum absolute atomic E-state index is 13.3. The second-order valence-corrected chi connectivity index (χ2v) is 6.31. The van der Waals surface area contributed by atoms with Gasteiger partial charge in [0.1, 0.15) is 5.82 Å². The van der Waals surface area contributed by atoms with Crippen LogP contribution in [0, 0.1) is 11.7 Å². The van der Waals surface area contributed by atoms with Crippen LogP contribution in [0.2, 0.25) is 0 Å². The molecule has 1 aliphatic rings. The van der Waals surface area contributed by atoms with Crippen molar-refractivity contribution in [3.8, 4) is 0 Å². The van der Waals surface area contributed by atoms with Gasteiger partial charge in [-0.3, -0.25) is 0 Å². The minimum Gasteiger partial charge on any atom is -0.478 e. The van der Waals surface area contributed by atoms with Crippen LogP contribution in [-0.2, 0) is 9.59 Å². The van der Waals surface area contributed by atoms with E-state index in [4.69, 9.17) is 10.2 Å². The van der Waals surface area contributed by atoms with Crippen LogP contribution in [0.4, 0.5) is 4.39 Å². The first-order valence-electron chi connectivity index (χ1n) is 7.83. The lowest BCUT2D eigenvalue weighted by atomic mass is 10.1. The average molecular weight is 348 g/mol. The molecule has 0 unspecified atom stereocenters. The van der Waals surface area contributed by atoms with Crippen LogP contribution in [0.25, 0.3) is 10.9 Å². The van der Waals surface area contributed by atoms with E-state index in [1.54, 1.807) is 6.07 Å². The molecule has 0 saturated heterocycles. The number of carboxylic acids is 2. The molecule has 25 heavy (non-hydrogen) atoms. The van der Waals surface area contributed by atoms with E-state index in [-0.39, 0.29) is 5.82 Å². The van der Waals surface area contributed by atoms with Gasteiger partial charge in [-0.1, -0.05) is 0 Å². The van der Waals surface area contributed by atoms with E-state index in [0.29, 0.717) is 18.1 Å². The highest BCUT2D eigenvalue weighted by molar-refractivity contribution is 5.89. The lowest BCUT2D eigenvalue weighted by molar-refractivity contribution is -0.134. The fourth-order valence-corrected chi connectivity index (χ4v) is 2.86. The number of hydrogen-bond donors (Lipinski definition) is 3. The first kappa shape index (κ1) is 18.7. The molecular weight excluding hydrogens is 327 g/mol. The van der Waals surface area contributed by atoms with Crippen LogP contribution in [0.5, 0.6) is 0 Å². The van der Waals surface area contributed by atoms with Crippen molar-refractivity contribution >= 4 is 22.8 Å². The number of aliphatic carboxylic acids is 2. The van der Waals surface area contributed by atoms with Gasteiger partial charge in [0.15, 0.2) is 0 Å². The third-order valence-corrected chi connectivity index (χ3v) is 3.97. The number of nitrogens with zero attached hydrogens (tertiary/aromatic N) is 1. The molecule has 1 fully saturated rings. The van der Waals surface area contributed by atoms with Crippen molar-refractivity contribution < 1.29 is 24.2 Å². The number of halogens is 1. The van der Waals surface area contributed by atoms with Crippen LogP contribution < -0.4 is 0 Å². The standard InChI is InChI=1S/C14H17FN2.C4H4O4/c1-17(2)8-9-5-11(9)13-7-16-14-4-3-10(15)6-12(13)14;5-3(6)1-2-4(7)8/h3-4,6-7,9,11,16H,5,8H2,1-2H3;1-2H,(H,5,6)(H,7,8)/b;2-1+/t9-,11+;/m0./s1. The Balaban J connectivity index is 0.000000242. The summed E-state index contributed by atoms with van der Waals surface area (Å²) in [5, 5.41) is 16.7. The molecule has 2 atom stereocenters. The molecule has 6 nitrogen and oxygen atoms in total. The monoisotopic (exact) mass is 348 g/mol. The predicted octanol–water partition coefficient (Wildman–Crippen LogP) is 2.68. The largest absolute Gasteiger partial charge is 0.478 e. The van der Waals surface area contributed by atoms with Crippen molar-refractivity contribution in [3.63, 3.8) is 0 Å². The molecule has 3 rings (SSSR count). The molecular formula is C18H21FN2O4. The maximum Gasteiger partial charge on any atom is 0.328 e. The quantitative estimate of drug-likeness (QED) is 0.722. The Kier molecular flexibility index (Phi) is 5.93. The third-order valence-electron chi connectivity index (χ3n) is 3.97. The number of benzene rings is 1. The Morgan fingerprint density at radius 2 is 1.92 bits per heavy atom. The minimum absolute atomic E-state index is 0.150. The van der Waals surface area contributed by atoms with Gasteiger partial charge < -0.3 is 20.1 Å². The molecule has 0 spiro atoms. The highest BCUT2D eigenvalue weighted by atomic mass is 19.1. The summed E-state index contributed by atoms with van der Waals surface area (Å²) in [6.07, 6.45) is 4.39. The average Bonchev–Trinajstić information content (AvgIpc) is 3.13. The molecule has 0 radical (unpaired) electrons. The number of aromatic amines is 1. The lowest BCUT2D eigenvalue weighted by Gasteiger charge is -2.08. The zero-order valence-electron chi connectivity index (χ0n) is 14.1. The van der Waals surface area contributed by atoms with Gasteiger partial charge in [0.05, 0.1) is 0 Å². The number of H-pyrrole nitrogens is 1. The van der Waals surface area contributed by atoms with Crippen molar-refractivity contribution in [1.29, 1.82) is 0 Å². The van der Waals surface area contributed by atoms with Crippen LogP contribution in [0.3, 0.4) is 0 Å². The fraction of sp³-hybridized carbons (Fsp3) is 0.333. The van der Waals surface area contributed by atoms with E-state index >= 15 is 0 Å². The highest BCUT2D eigenvalue weighted by Crippen LogP contribution is 2.49. The zero-order chi connectivity index (χ0) is 18.6. The van der Waals surface area contributed by atoms with E-state index in [1.165, 1.54) is 18.1 Å². The lowest BCUT2D eigenvalue weighted by Crippen LogP contribution is -2.15. The molecule has 7 heteroatoms. The Bertz CT molecular complexity index is 781. The topological polar surface area (TPSA) is 93.6 Å². The summed E-state index contributed by atoms with van der Waals surface area (Å²) in [6, 6.07) is 4.97. The van der Waals surface area contributed by atoms with Gasteiger partial charge in [-0.05, 0) is 56.1 Å².